The molecule has 0 amide bonds. The molecule has 3 aromatic carbocycles. The van der Waals surface area contributed by atoms with E-state index in [0.717, 1.165) is 48.7 Å². The summed E-state index contributed by atoms with van der Waals surface area (Å²) in [5, 5.41) is 1.27. The Labute approximate surface area is 200 Å². The second kappa shape index (κ2) is 8.41. The average Bonchev–Trinajstić information content (AvgIpc) is 3.23. The molecule has 2 aliphatic heterocycles. The van der Waals surface area contributed by atoms with E-state index in [0.29, 0.717) is 12.6 Å². The minimum Gasteiger partial charge on any atom is -0.497 e. The van der Waals surface area contributed by atoms with E-state index >= 15 is 0 Å². The van der Waals surface area contributed by atoms with Crippen molar-refractivity contribution in [2.75, 3.05) is 20.8 Å². The Kier molecular flexibility index (Phi) is 5.22. The highest BCUT2D eigenvalue weighted by Gasteiger charge is 2.34. The highest BCUT2D eigenvalue weighted by Crippen LogP contribution is 2.44. The summed E-state index contributed by atoms with van der Waals surface area (Å²) in [4.78, 5) is 6.25. The smallest absolute Gasteiger partial charge is 0.162 e. The van der Waals surface area contributed by atoms with Gasteiger partial charge in [0, 0.05) is 35.7 Å². The van der Waals surface area contributed by atoms with Gasteiger partial charge in [-0.25, -0.2) is 0 Å². The number of hydrogen-bond acceptors (Lipinski definition) is 4. The number of nitrogens with one attached hydrogen (secondary N) is 1. The number of rotatable bonds is 5. The molecule has 4 aromatic rings. The second-order valence-corrected chi connectivity index (χ2v) is 9.41. The van der Waals surface area contributed by atoms with Crippen LogP contribution in [0.4, 0.5) is 0 Å². The van der Waals surface area contributed by atoms with Gasteiger partial charge in [0.05, 0.1) is 14.2 Å². The van der Waals surface area contributed by atoms with Crippen LogP contribution in [0.15, 0.2) is 54.6 Å². The number of methoxy groups -OCH3 is 2. The van der Waals surface area contributed by atoms with Crippen LogP contribution in [0.2, 0.25) is 0 Å². The summed E-state index contributed by atoms with van der Waals surface area (Å²) in [6, 6.07) is 19.5. The standard InChI is InChI=1S/C29H30N2O3/c1-18-4-6-19(7-5-18)17-34-29-15-22-20(12-28(29)33-3)10-11-31-16-26-24(14-27(22)31)23-13-21(32-2)8-9-25(23)30-26/h4-9,12-13,15,27,30H,10-11,14,16-17H2,1-3H3/t27-/m1/s1. The van der Waals surface area contributed by atoms with Crippen molar-refractivity contribution in [2.24, 2.45) is 0 Å². The minimum absolute atomic E-state index is 0.328. The molecule has 0 radical (unpaired) electrons. The topological polar surface area (TPSA) is 46.7 Å². The quantitative estimate of drug-likeness (QED) is 0.418. The van der Waals surface area contributed by atoms with Crippen molar-refractivity contribution in [3.8, 4) is 17.2 Å². The van der Waals surface area contributed by atoms with Gasteiger partial charge in [0.2, 0.25) is 0 Å². The van der Waals surface area contributed by atoms with Crippen LogP contribution < -0.4 is 14.2 Å². The van der Waals surface area contributed by atoms with E-state index in [4.69, 9.17) is 14.2 Å². The van der Waals surface area contributed by atoms with E-state index in [1.165, 1.54) is 38.9 Å². The molecule has 0 unspecified atom stereocenters. The predicted octanol–water partition coefficient (Wildman–Crippen LogP) is 5.73. The number of H-pyrrole nitrogens is 1. The second-order valence-electron chi connectivity index (χ2n) is 9.41. The van der Waals surface area contributed by atoms with Crippen molar-refractivity contribution in [1.29, 1.82) is 0 Å². The Bertz CT molecular complexity index is 1360. The lowest BCUT2D eigenvalue weighted by atomic mass is 9.85. The molecule has 2 aliphatic rings. The third-order valence-electron chi connectivity index (χ3n) is 7.37. The molecule has 34 heavy (non-hydrogen) atoms. The molecule has 0 spiro atoms. The lowest BCUT2D eigenvalue weighted by Gasteiger charge is -2.40. The first-order valence-electron chi connectivity index (χ1n) is 11.9. The van der Waals surface area contributed by atoms with Crippen LogP contribution in [0.5, 0.6) is 17.2 Å². The fraction of sp³-hybridized carbons (Fsp3) is 0.310. The molecule has 0 fully saturated rings. The van der Waals surface area contributed by atoms with E-state index in [9.17, 15) is 0 Å². The summed E-state index contributed by atoms with van der Waals surface area (Å²) < 4.78 is 17.5. The summed E-state index contributed by atoms with van der Waals surface area (Å²) in [7, 11) is 3.45. The third kappa shape index (κ3) is 3.61. The van der Waals surface area contributed by atoms with Crippen molar-refractivity contribution in [3.63, 3.8) is 0 Å². The molecule has 5 heteroatoms. The number of hydrogen-bond donors (Lipinski definition) is 1. The number of aryl methyl sites for hydroxylation is 1. The van der Waals surface area contributed by atoms with Gasteiger partial charge in [-0.15, -0.1) is 0 Å². The minimum atomic E-state index is 0.328. The first-order chi connectivity index (χ1) is 16.6. The van der Waals surface area contributed by atoms with Crippen LogP contribution in [-0.4, -0.2) is 30.6 Å². The summed E-state index contributed by atoms with van der Waals surface area (Å²) in [6.45, 7) is 4.60. The zero-order valence-electron chi connectivity index (χ0n) is 20.0. The van der Waals surface area contributed by atoms with E-state index < -0.39 is 0 Å². The Hall–Kier alpha value is -3.44. The third-order valence-corrected chi connectivity index (χ3v) is 7.37. The molecule has 1 N–H and O–H groups in total. The van der Waals surface area contributed by atoms with E-state index in [1.807, 2.05) is 6.07 Å². The predicted molar refractivity (Wildman–Crippen MR) is 134 cm³/mol. The number of ether oxygens (including phenoxy) is 3. The molecular formula is C29H30N2O3. The zero-order valence-corrected chi connectivity index (χ0v) is 20.0. The number of aromatic nitrogens is 1. The monoisotopic (exact) mass is 454 g/mol. The first-order valence-corrected chi connectivity index (χ1v) is 11.9. The fourth-order valence-electron chi connectivity index (χ4n) is 5.48. The van der Waals surface area contributed by atoms with Crippen LogP contribution in [0.1, 0.15) is 39.6 Å². The van der Waals surface area contributed by atoms with Crippen molar-refractivity contribution >= 4 is 10.9 Å². The molecule has 1 atom stereocenters. The number of benzene rings is 3. The van der Waals surface area contributed by atoms with Crippen LogP contribution in [0.25, 0.3) is 10.9 Å². The molecule has 0 saturated heterocycles. The largest absolute Gasteiger partial charge is 0.497 e. The van der Waals surface area contributed by atoms with Crippen molar-refractivity contribution in [1.82, 2.24) is 9.88 Å². The number of nitrogens with zero attached hydrogens (tertiary/aromatic N) is 1. The van der Waals surface area contributed by atoms with Gasteiger partial charge in [0.1, 0.15) is 12.4 Å². The van der Waals surface area contributed by atoms with Crippen LogP contribution in [0, 0.1) is 6.92 Å². The van der Waals surface area contributed by atoms with Crippen LogP contribution in [0.3, 0.4) is 0 Å². The molecule has 1 aromatic heterocycles. The number of aromatic amines is 1. The molecule has 0 bridgehead atoms. The molecule has 3 heterocycles. The lowest BCUT2D eigenvalue weighted by Crippen LogP contribution is -2.39. The van der Waals surface area contributed by atoms with Gasteiger partial charge in [-0.05, 0) is 72.4 Å². The lowest BCUT2D eigenvalue weighted by molar-refractivity contribution is 0.158. The Morgan fingerprint density at radius 3 is 2.62 bits per heavy atom. The van der Waals surface area contributed by atoms with Crippen molar-refractivity contribution in [2.45, 2.75) is 39.0 Å². The van der Waals surface area contributed by atoms with E-state index in [1.54, 1.807) is 14.2 Å². The van der Waals surface area contributed by atoms with Crippen LogP contribution >= 0.6 is 0 Å². The first kappa shape index (κ1) is 21.1. The van der Waals surface area contributed by atoms with E-state index in [-0.39, 0.29) is 0 Å². The molecule has 5 nitrogen and oxygen atoms in total. The molecule has 0 aliphatic carbocycles. The maximum absolute atomic E-state index is 6.29. The van der Waals surface area contributed by atoms with Gasteiger partial charge in [0.25, 0.3) is 0 Å². The Morgan fingerprint density at radius 2 is 1.82 bits per heavy atom. The fourth-order valence-corrected chi connectivity index (χ4v) is 5.48. The van der Waals surface area contributed by atoms with Crippen LogP contribution in [-0.2, 0) is 26.0 Å². The summed E-state index contributed by atoms with van der Waals surface area (Å²) in [6.07, 6.45) is 1.99. The maximum Gasteiger partial charge on any atom is 0.162 e. The van der Waals surface area contributed by atoms with Gasteiger partial charge >= 0.3 is 0 Å². The highest BCUT2D eigenvalue weighted by atomic mass is 16.5. The molecule has 6 rings (SSSR count). The summed E-state index contributed by atoms with van der Waals surface area (Å²) in [5.74, 6) is 2.53. The average molecular weight is 455 g/mol. The molecular weight excluding hydrogens is 424 g/mol. The molecule has 0 saturated carbocycles. The van der Waals surface area contributed by atoms with E-state index in [2.05, 4.69) is 65.3 Å². The summed E-state index contributed by atoms with van der Waals surface area (Å²) >= 11 is 0. The zero-order chi connectivity index (χ0) is 23.2. The van der Waals surface area contributed by atoms with Gasteiger partial charge < -0.3 is 19.2 Å². The molecule has 174 valence electrons. The van der Waals surface area contributed by atoms with Crippen molar-refractivity contribution in [3.05, 3.63) is 88.1 Å². The summed E-state index contributed by atoms with van der Waals surface area (Å²) in [5.41, 5.74) is 9.04. The Morgan fingerprint density at radius 1 is 0.971 bits per heavy atom. The maximum atomic E-state index is 6.29. The Balaban J connectivity index is 1.34. The van der Waals surface area contributed by atoms with Gasteiger partial charge in [-0.3, -0.25) is 4.90 Å². The normalized spacial score (nSPS) is 17.1. The number of fused-ring (bicyclic) bond motifs is 6. The van der Waals surface area contributed by atoms with Gasteiger partial charge in [0.15, 0.2) is 11.5 Å². The highest BCUT2D eigenvalue weighted by molar-refractivity contribution is 5.86. The van der Waals surface area contributed by atoms with Crippen molar-refractivity contribution < 1.29 is 14.2 Å². The van der Waals surface area contributed by atoms with Gasteiger partial charge in [-0.1, -0.05) is 29.8 Å². The SMILES string of the molecule is COc1ccc2[nH]c3c(c2c1)C[C@@H]1c2cc(OCc4ccc(C)cc4)c(OC)cc2CCN1C3. The van der Waals surface area contributed by atoms with Gasteiger partial charge in [-0.2, -0.15) is 0 Å².